The first kappa shape index (κ1) is 14.3. The van der Waals surface area contributed by atoms with Gasteiger partial charge in [0.2, 0.25) is 0 Å². The topological polar surface area (TPSA) is 32.7 Å². The molecule has 2 fully saturated rings. The third-order valence-corrected chi connectivity index (χ3v) is 4.56. The molecule has 3 heteroatoms. The first-order chi connectivity index (χ1) is 8.36. The molecule has 2 saturated heterocycles. The van der Waals surface area contributed by atoms with Crippen LogP contribution >= 0.6 is 0 Å². The maximum absolute atomic E-state index is 9.66. The van der Waals surface area contributed by atoms with Gasteiger partial charge in [-0.3, -0.25) is 4.90 Å². The summed E-state index contributed by atoms with van der Waals surface area (Å²) in [7, 11) is 0. The monoisotopic (exact) mass is 255 g/mol. The number of rotatable bonds is 2. The van der Waals surface area contributed by atoms with Crippen LogP contribution in [0.1, 0.15) is 59.8 Å². The highest BCUT2D eigenvalue weighted by Gasteiger charge is 2.49. The zero-order valence-corrected chi connectivity index (χ0v) is 12.4. The van der Waals surface area contributed by atoms with Gasteiger partial charge in [0.25, 0.3) is 0 Å². The van der Waals surface area contributed by atoms with Crippen LogP contribution in [0.5, 0.6) is 0 Å². The minimum absolute atomic E-state index is 0.0412. The van der Waals surface area contributed by atoms with Gasteiger partial charge in [-0.05, 0) is 53.5 Å². The molecule has 2 aliphatic rings. The van der Waals surface area contributed by atoms with E-state index in [0.717, 1.165) is 19.4 Å². The number of hydrogen-bond acceptors (Lipinski definition) is 3. The lowest BCUT2D eigenvalue weighted by atomic mass is 9.91. The molecule has 2 atom stereocenters. The van der Waals surface area contributed by atoms with Crippen molar-refractivity contribution in [3.63, 3.8) is 0 Å². The van der Waals surface area contributed by atoms with E-state index in [0.29, 0.717) is 12.1 Å². The number of aliphatic hydroxyl groups excluding tert-OH is 1. The molecule has 0 aromatic carbocycles. The fourth-order valence-electron chi connectivity index (χ4n) is 3.86. The van der Waals surface area contributed by atoms with Crippen molar-refractivity contribution >= 4 is 0 Å². The number of likely N-dealkylation sites (tertiary alicyclic amines) is 1. The van der Waals surface area contributed by atoms with E-state index in [2.05, 4.69) is 32.6 Å². The van der Waals surface area contributed by atoms with Crippen molar-refractivity contribution in [3.05, 3.63) is 0 Å². The average Bonchev–Trinajstić information content (AvgIpc) is 2.44. The molecular weight excluding hydrogens is 226 g/mol. The summed E-state index contributed by atoms with van der Waals surface area (Å²) in [6.07, 6.45) is 5.99. The zero-order chi connectivity index (χ0) is 13.4. The zero-order valence-electron chi connectivity index (χ0n) is 12.4. The van der Waals surface area contributed by atoms with Crippen LogP contribution < -0.4 is 0 Å². The number of nitrogens with zero attached hydrogens (tertiary/aromatic N) is 1. The van der Waals surface area contributed by atoms with Crippen LogP contribution in [0.2, 0.25) is 0 Å². The summed E-state index contributed by atoms with van der Waals surface area (Å²) >= 11 is 0. The summed E-state index contributed by atoms with van der Waals surface area (Å²) in [6, 6.07) is 0.761. The molecule has 0 spiro atoms. The molecule has 106 valence electrons. The Morgan fingerprint density at radius 2 is 1.89 bits per heavy atom. The summed E-state index contributed by atoms with van der Waals surface area (Å²) in [5, 5.41) is 9.66. The van der Waals surface area contributed by atoms with Crippen molar-refractivity contribution in [2.45, 2.75) is 83.1 Å². The third-order valence-electron chi connectivity index (χ3n) is 4.56. The predicted molar refractivity (Wildman–Crippen MR) is 73.7 cm³/mol. The van der Waals surface area contributed by atoms with Gasteiger partial charge in [0, 0.05) is 12.1 Å². The molecule has 3 nitrogen and oxygen atoms in total. The molecule has 0 radical (unpaired) electrons. The number of ether oxygens (including phenoxy) is 1. The molecular formula is C15H29NO2. The van der Waals surface area contributed by atoms with Crippen molar-refractivity contribution in [2.24, 2.45) is 0 Å². The Morgan fingerprint density at radius 1 is 1.17 bits per heavy atom. The second-order valence-corrected chi connectivity index (χ2v) is 7.11. The Labute approximate surface area is 112 Å². The van der Waals surface area contributed by atoms with Crippen molar-refractivity contribution in [1.82, 2.24) is 4.90 Å². The molecule has 2 aliphatic heterocycles. The SMILES string of the molecule is CC1(C)CC(N2CCCCCC2CO)C(C)(C)O1. The molecule has 0 saturated carbocycles. The maximum Gasteiger partial charge on any atom is 0.0789 e. The molecule has 2 rings (SSSR count). The minimum Gasteiger partial charge on any atom is -0.395 e. The van der Waals surface area contributed by atoms with E-state index >= 15 is 0 Å². The normalized spacial score (nSPS) is 36.5. The maximum atomic E-state index is 9.66. The summed E-state index contributed by atoms with van der Waals surface area (Å²) in [6.45, 7) is 10.2. The first-order valence-corrected chi connectivity index (χ1v) is 7.42. The van der Waals surface area contributed by atoms with Gasteiger partial charge in [-0.1, -0.05) is 12.8 Å². The molecule has 0 aliphatic carbocycles. The van der Waals surface area contributed by atoms with E-state index < -0.39 is 0 Å². The van der Waals surface area contributed by atoms with E-state index in [-0.39, 0.29) is 17.8 Å². The molecule has 0 amide bonds. The molecule has 0 bridgehead atoms. The van der Waals surface area contributed by atoms with E-state index in [1.165, 1.54) is 19.3 Å². The van der Waals surface area contributed by atoms with Crippen LogP contribution in [-0.4, -0.2) is 46.4 Å². The molecule has 1 N–H and O–H groups in total. The second-order valence-electron chi connectivity index (χ2n) is 7.11. The number of aliphatic hydroxyl groups is 1. The van der Waals surface area contributed by atoms with Crippen LogP contribution in [0.3, 0.4) is 0 Å². The molecule has 2 unspecified atom stereocenters. The lowest BCUT2D eigenvalue weighted by molar-refractivity contribution is -0.0857. The van der Waals surface area contributed by atoms with E-state index in [4.69, 9.17) is 4.74 Å². The van der Waals surface area contributed by atoms with E-state index in [1.807, 2.05) is 0 Å². The van der Waals surface area contributed by atoms with Gasteiger partial charge >= 0.3 is 0 Å². The van der Waals surface area contributed by atoms with Gasteiger partial charge in [-0.15, -0.1) is 0 Å². The van der Waals surface area contributed by atoms with Gasteiger partial charge in [-0.2, -0.15) is 0 Å². The van der Waals surface area contributed by atoms with Crippen LogP contribution in [0.15, 0.2) is 0 Å². The fourth-order valence-corrected chi connectivity index (χ4v) is 3.86. The van der Waals surface area contributed by atoms with Crippen molar-refractivity contribution in [1.29, 1.82) is 0 Å². The Kier molecular flexibility index (Phi) is 4.05. The van der Waals surface area contributed by atoms with Crippen LogP contribution in [0, 0.1) is 0 Å². The quantitative estimate of drug-likeness (QED) is 0.823. The smallest absolute Gasteiger partial charge is 0.0789 e. The lowest BCUT2D eigenvalue weighted by Gasteiger charge is -2.39. The number of hydrogen-bond donors (Lipinski definition) is 1. The van der Waals surface area contributed by atoms with E-state index in [9.17, 15) is 5.11 Å². The Morgan fingerprint density at radius 3 is 2.44 bits per heavy atom. The van der Waals surface area contributed by atoms with Gasteiger partial charge in [0.15, 0.2) is 0 Å². The average molecular weight is 255 g/mol. The Balaban J connectivity index is 2.17. The highest BCUT2D eigenvalue weighted by atomic mass is 16.5. The van der Waals surface area contributed by atoms with Crippen LogP contribution in [-0.2, 0) is 4.74 Å². The van der Waals surface area contributed by atoms with E-state index in [1.54, 1.807) is 0 Å². The van der Waals surface area contributed by atoms with Gasteiger partial charge < -0.3 is 9.84 Å². The summed E-state index contributed by atoms with van der Waals surface area (Å²) in [5.74, 6) is 0. The molecule has 2 heterocycles. The largest absolute Gasteiger partial charge is 0.395 e. The van der Waals surface area contributed by atoms with Gasteiger partial charge in [0.1, 0.15) is 0 Å². The third kappa shape index (κ3) is 2.89. The van der Waals surface area contributed by atoms with Crippen LogP contribution in [0.25, 0.3) is 0 Å². The van der Waals surface area contributed by atoms with Crippen molar-refractivity contribution in [2.75, 3.05) is 13.2 Å². The van der Waals surface area contributed by atoms with Crippen molar-refractivity contribution < 1.29 is 9.84 Å². The summed E-state index contributed by atoms with van der Waals surface area (Å²) < 4.78 is 6.21. The lowest BCUT2D eigenvalue weighted by Crippen LogP contribution is -2.52. The molecule has 18 heavy (non-hydrogen) atoms. The second kappa shape index (κ2) is 5.10. The van der Waals surface area contributed by atoms with Crippen LogP contribution in [0.4, 0.5) is 0 Å². The predicted octanol–water partition coefficient (Wildman–Crippen LogP) is 2.57. The molecule has 0 aromatic rings. The fraction of sp³-hybridized carbons (Fsp3) is 1.00. The Hall–Kier alpha value is -0.120. The molecule has 0 aromatic heterocycles. The highest BCUT2D eigenvalue weighted by Crippen LogP contribution is 2.41. The standard InChI is InChI=1S/C15H29NO2/c1-14(2)10-13(15(3,4)18-14)16-9-7-5-6-8-12(16)11-17/h12-13,17H,5-11H2,1-4H3. The summed E-state index contributed by atoms with van der Waals surface area (Å²) in [5.41, 5.74) is -0.151. The first-order valence-electron chi connectivity index (χ1n) is 7.42. The summed E-state index contributed by atoms with van der Waals surface area (Å²) in [4.78, 5) is 2.53. The Bertz CT molecular complexity index is 288. The van der Waals surface area contributed by atoms with Gasteiger partial charge in [-0.25, -0.2) is 0 Å². The van der Waals surface area contributed by atoms with Crippen molar-refractivity contribution in [3.8, 4) is 0 Å². The highest BCUT2D eigenvalue weighted by molar-refractivity contribution is 5.01. The minimum atomic E-state index is -0.110. The van der Waals surface area contributed by atoms with Gasteiger partial charge in [0.05, 0.1) is 17.8 Å².